The van der Waals surface area contributed by atoms with Crippen molar-refractivity contribution in [2.24, 2.45) is 4.99 Å². The van der Waals surface area contributed by atoms with Crippen molar-refractivity contribution in [3.8, 4) is 11.5 Å². The van der Waals surface area contributed by atoms with Crippen LogP contribution >= 0.6 is 11.8 Å². The first-order valence-corrected chi connectivity index (χ1v) is 9.23. The molecule has 2 heterocycles. The van der Waals surface area contributed by atoms with Crippen LogP contribution in [0.25, 0.3) is 17.0 Å². The summed E-state index contributed by atoms with van der Waals surface area (Å²) in [6.07, 6.45) is 7.36. The van der Waals surface area contributed by atoms with Gasteiger partial charge in [0.2, 0.25) is 0 Å². The van der Waals surface area contributed by atoms with E-state index in [9.17, 15) is 0 Å². The van der Waals surface area contributed by atoms with E-state index in [4.69, 9.17) is 9.47 Å². The molecule has 0 spiro atoms. The second kappa shape index (κ2) is 7.67. The third-order valence-corrected chi connectivity index (χ3v) is 5.07. The SMILES string of the molecule is COc1ccc(NC2N=C/C(=C/c3ccc4ncncc4c3)S2)c(OC)c1. The van der Waals surface area contributed by atoms with Crippen LogP contribution < -0.4 is 14.8 Å². The van der Waals surface area contributed by atoms with Gasteiger partial charge < -0.3 is 14.8 Å². The molecule has 1 aromatic heterocycles. The summed E-state index contributed by atoms with van der Waals surface area (Å²) in [6.45, 7) is 0. The van der Waals surface area contributed by atoms with E-state index < -0.39 is 0 Å². The zero-order valence-electron chi connectivity index (χ0n) is 14.9. The summed E-state index contributed by atoms with van der Waals surface area (Å²) in [4.78, 5) is 13.9. The molecule has 0 fully saturated rings. The topological polar surface area (TPSA) is 68.6 Å². The molecule has 3 aromatic rings. The summed E-state index contributed by atoms with van der Waals surface area (Å²) in [5, 5.41) is 4.40. The van der Waals surface area contributed by atoms with Gasteiger partial charge in [0, 0.05) is 28.8 Å². The quantitative estimate of drug-likeness (QED) is 0.718. The first-order valence-electron chi connectivity index (χ1n) is 8.35. The molecule has 1 unspecified atom stereocenters. The van der Waals surface area contributed by atoms with Gasteiger partial charge in [0.05, 0.1) is 25.4 Å². The molecule has 0 bridgehead atoms. The average Bonchev–Trinajstić information content (AvgIpc) is 3.15. The van der Waals surface area contributed by atoms with Crippen molar-refractivity contribution in [1.82, 2.24) is 9.97 Å². The molecule has 1 aliphatic rings. The predicted molar refractivity (Wildman–Crippen MR) is 111 cm³/mol. The van der Waals surface area contributed by atoms with Gasteiger partial charge in [-0.05, 0) is 35.9 Å². The van der Waals surface area contributed by atoms with Gasteiger partial charge in [-0.1, -0.05) is 17.8 Å². The lowest BCUT2D eigenvalue weighted by Gasteiger charge is -2.15. The monoisotopic (exact) mass is 378 g/mol. The van der Waals surface area contributed by atoms with Crippen LogP contribution in [-0.2, 0) is 0 Å². The second-order valence-electron chi connectivity index (χ2n) is 5.85. The maximum atomic E-state index is 5.43. The Kier molecular flexibility index (Phi) is 4.93. The normalized spacial score (nSPS) is 17.4. The van der Waals surface area contributed by atoms with Crippen molar-refractivity contribution in [1.29, 1.82) is 0 Å². The molecule has 1 atom stereocenters. The highest BCUT2D eigenvalue weighted by Crippen LogP contribution is 2.35. The molecular weight excluding hydrogens is 360 g/mol. The highest BCUT2D eigenvalue weighted by molar-refractivity contribution is 8.05. The van der Waals surface area contributed by atoms with Gasteiger partial charge in [0.1, 0.15) is 17.8 Å². The second-order valence-corrected chi connectivity index (χ2v) is 7.00. The number of methoxy groups -OCH3 is 2. The highest BCUT2D eigenvalue weighted by atomic mass is 32.2. The number of benzene rings is 2. The molecule has 27 heavy (non-hydrogen) atoms. The van der Waals surface area contributed by atoms with Crippen molar-refractivity contribution < 1.29 is 9.47 Å². The van der Waals surface area contributed by atoms with E-state index in [0.717, 1.165) is 38.6 Å². The first kappa shape index (κ1) is 17.4. The summed E-state index contributed by atoms with van der Waals surface area (Å²) in [6, 6.07) is 11.8. The minimum Gasteiger partial charge on any atom is -0.497 e. The van der Waals surface area contributed by atoms with Gasteiger partial charge in [0.15, 0.2) is 5.50 Å². The zero-order chi connectivity index (χ0) is 18.6. The minimum absolute atomic E-state index is 0.109. The Morgan fingerprint density at radius 2 is 2.04 bits per heavy atom. The third kappa shape index (κ3) is 3.88. The van der Waals surface area contributed by atoms with Crippen LogP contribution in [0.1, 0.15) is 5.56 Å². The molecule has 1 aliphatic heterocycles. The number of nitrogens with one attached hydrogen (secondary N) is 1. The van der Waals surface area contributed by atoms with E-state index in [1.54, 1.807) is 32.3 Å². The van der Waals surface area contributed by atoms with Crippen LogP contribution in [0.3, 0.4) is 0 Å². The van der Waals surface area contributed by atoms with Gasteiger partial charge >= 0.3 is 0 Å². The third-order valence-electron chi connectivity index (χ3n) is 4.11. The number of nitrogens with zero attached hydrogens (tertiary/aromatic N) is 3. The Morgan fingerprint density at radius 1 is 1.11 bits per heavy atom. The van der Waals surface area contributed by atoms with Crippen molar-refractivity contribution in [3.05, 3.63) is 59.4 Å². The number of hydrogen-bond acceptors (Lipinski definition) is 7. The van der Waals surface area contributed by atoms with Crippen molar-refractivity contribution in [2.45, 2.75) is 5.50 Å². The molecule has 6 nitrogen and oxygen atoms in total. The molecule has 1 N–H and O–H groups in total. The van der Waals surface area contributed by atoms with Crippen molar-refractivity contribution in [2.75, 3.05) is 19.5 Å². The summed E-state index contributed by atoms with van der Waals surface area (Å²) >= 11 is 1.64. The highest BCUT2D eigenvalue weighted by Gasteiger charge is 2.17. The number of rotatable bonds is 5. The zero-order valence-corrected chi connectivity index (χ0v) is 15.7. The molecule has 0 amide bonds. The van der Waals surface area contributed by atoms with E-state index in [-0.39, 0.29) is 5.50 Å². The molecule has 0 saturated heterocycles. The number of thioether (sulfide) groups is 1. The van der Waals surface area contributed by atoms with Crippen LogP contribution in [0, 0.1) is 0 Å². The van der Waals surface area contributed by atoms with E-state index in [1.807, 2.05) is 42.7 Å². The standard InChI is InChI=1S/C20H18N4O2S/c1-25-15-4-6-18(19(9-15)26-2)24-20-22-11-16(27-20)8-13-3-5-17-14(7-13)10-21-12-23-17/h3-12,20,24H,1-2H3/b16-8-. The van der Waals surface area contributed by atoms with E-state index in [2.05, 4.69) is 32.4 Å². The van der Waals surface area contributed by atoms with Gasteiger partial charge in [-0.25, -0.2) is 9.97 Å². The summed E-state index contributed by atoms with van der Waals surface area (Å²) in [5.41, 5.74) is 2.79. The Balaban J connectivity index is 1.48. The van der Waals surface area contributed by atoms with Gasteiger partial charge in [-0.3, -0.25) is 4.99 Å². The maximum absolute atomic E-state index is 5.43. The lowest BCUT2D eigenvalue weighted by atomic mass is 10.1. The van der Waals surface area contributed by atoms with Gasteiger partial charge in [0.25, 0.3) is 0 Å². The lowest BCUT2D eigenvalue weighted by molar-refractivity contribution is 0.395. The van der Waals surface area contributed by atoms with Crippen molar-refractivity contribution >= 4 is 40.6 Å². The number of hydrogen-bond donors (Lipinski definition) is 1. The van der Waals surface area contributed by atoms with E-state index in [1.165, 1.54) is 0 Å². The number of allylic oxidation sites excluding steroid dienone is 1. The molecule has 4 rings (SSSR count). The molecule has 0 radical (unpaired) electrons. The first-order chi connectivity index (χ1) is 13.2. The fourth-order valence-corrected chi connectivity index (χ4v) is 3.67. The molecule has 136 valence electrons. The largest absolute Gasteiger partial charge is 0.497 e. The molecule has 0 saturated carbocycles. The van der Waals surface area contributed by atoms with Crippen molar-refractivity contribution in [3.63, 3.8) is 0 Å². The average molecular weight is 378 g/mol. The Morgan fingerprint density at radius 3 is 2.89 bits per heavy atom. The Bertz CT molecular complexity index is 1040. The molecule has 0 aliphatic carbocycles. The fraction of sp³-hybridized carbons (Fsp3) is 0.150. The number of fused-ring (bicyclic) bond motifs is 1. The number of aliphatic imine (C=N–C) groups is 1. The Hall–Kier alpha value is -3.06. The van der Waals surface area contributed by atoms with Gasteiger partial charge in [-0.15, -0.1) is 0 Å². The van der Waals surface area contributed by atoms with Crippen LogP contribution in [-0.4, -0.2) is 35.9 Å². The van der Waals surface area contributed by atoms with Crippen LogP contribution in [0.5, 0.6) is 11.5 Å². The molecular formula is C20H18N4O2S. The summed E-state index contributed by atoms with van der Waals surface area (Å²) in [5.74, 6) is 1.47. The number of anilines is 1. The van der Waals surface area contributed by atoms with Crippen LogP contribution in [0.2, 0.25) is 0 Å². The van der Waals surface area contributed by atoms with Gasteiger partial charge in [-0.2, -0.15) is 0 Å². The summed E-state index contributed by atoms with van der Waals surface area (Å²) < 4.78 is 10.7. The summed E-state index contributed by atoms with van der Waals surface area (Å²) in [7, 11) is 3.27. The number of aromatic nitrogens is 2. The lowest BCUT2D eigenvalue weighted by Crippen LogP contribution is -2.10. The fourth-order valence-electron chi connectivity index (χ4n) is 2.78. The Labute approximate surface area is 161 Å². The minimum atomic E-state index is -0.109. The maximum Gasteiger partial charge on any atom is 0.171 e. The van der Waals surface area contributed by atoms with Crippen LogP contribution in [0.4, 0.5) is 5.69 Å². The molecule has 7 heteroatoms. The number of ether oxygens (including phenoxy) is 2. The smallest absolute Gasteiger partial charge is 0.171 e. The van der Waals surface area contributed by atoms with E-state index in [0.29, 0.717) is 0 Å². The molecule has 2 aromatic carbocycles. The predicted octanol–water partition coefficient (Wildman–Crippen LogP) is 4.20. The van der Waals surface area contributed by atoms with E-state index >= 15 is 0 Å². The van der Waals surface area contributed by atoms with Crippen LogP contribution in [0.15, 0.2) is 58.8 Å².